The lowest BCUT2D eigenvalue weighted by atomic mass is 9.97. The molecule has 1 radical (unpaired) electrons. The second kappa shape index (κ2) is 6.47. The third kappa shape index (κ3) is 3.77. The van der Waals surface area contributed by atoms with E-state index in [-0.39, 0.29) is 10.9 Å². The molecule has 0 spiro atoms. The minimum Gasteiger partial charge on any atom is -0.563 e. The predicted molar refractivity (Wildman–Crippen MR) is 79.5 cm³/mol. The van der Waals surface area contributed by atoms with Crippen molar-refractivity contribution < 1.29 is 13.1 Å². The largest absolute Gasteiger partial charge is 0.563 e. The summed E-state index contributed by atoms with van der Waals surface area (Å²) in [6, 6.07) is 6.03. The summed E-state index contributed by atoms with van der Waals surface area (Å²) >= 11 is 0. The summed E-state index contributed by atoms with van der Waals surface area (Å²) in [5, 5.41) is 0. The quantitative estimate of drug-likeness (QED) is 0.774. The van der Waals surface area contributed by atoms with Gasteiger partial charge in [0.15, 0.2) is 0 Å². The predicted octanol–water partition coefficient (Wildman–Crippen LogP) is 1.71. The summed E-state index contributed by atoms with van der Waals surface area (Å²) < 4.78 is 32.9. The van der Waals surface area contributed by atoms with Crippen LogP contribution in [0.1, 0.15) is 13.3 Å². The van der Waals surface area contributed by atoms with Crippen LogP contribution in [-0.2, 0) is 10.0 Å². The average Bonchev–Trinajstić information content (AvgIpc) is 2.46. The number of nitrogens with zero attached hydrogens (tertiary/aromatic N) is 3. The van der Waals surface area contributed by atoms with Crippen molar-refractivity contribution in [2.24, 2.45) is 14.4 Å². The molecular weight excluding hydrogens is 277 g/mol. The van der Waals surface area contributed by atoms with Gasteiger partial charge in [0.1, 0.15) is 0 Å². The van der Waals surface area contributed by atoms with Gasteiger partial charge in [0.05, 0.1) is 10.6 Å². The molecule has 1 heterocycles. The van der Waals surface area contributed by atoms with Crippen molar-refractivity contribution in [3.63, 3.8) is 0 Å². The molecule has 0 saturated carbocycles. The van der Waals surface area contributed by atoms with Gasteiger partial charge in [-0.3, -0.25) is 0 Å². The molecular formula is C12H13BN3O3S. The Labute approximate surface area is 118 Å². The highest BCUT2D eigenvalue weighted by Gasteiger charge is 2.14. The van der Waals surface area contributed by atoms with Crippen molar-refractivity contribution in [3.8, 4) is 5.75 Å². The Morgan fingerprint density at radius 2 is 1.90 bits per heavy atom. The van der Waals surface area contributed by atoms with Gasteiger partial charge in [0.25, 0.3) is 16.0 Å². The van der Waals surface area contributed by atoms with Crippen LogP contribution in [0.2, 0.25) is 6.32 Å². The molecule has 1 aromatic carbocycles. The molecule has 0 N–H and O–H groups in total. The van der Waals surface area contributed by atoms with Crippen LogP contribution in [0.25, 0.3) is 0 Å². The van der Waals surface area contributed by atoms with E-state index in [2.05, 4.69) is 14.4 Å². The highest BCUT2D eigenvalue weighted by Crippen LogP contribution is 2.18. The molecule has 1 aliphatic rings. The summed E-state index contributed by atoms with van der Waals surface area (Å²) in [6.45, 7) is 1.94. The van der Waals surface area contributed by atoms with E-state index >= 15 is 0 Å². The van der Waals surface area contributed by atoms with E-state index in [0.29, 0.717) is 12.2 Å². The minimum absolute atomic E-state index is 0.0594. The Balaban J connectivity index is 2.19. The number of guanidine groups is 1. The number of benzene rings is 1. The molecule has 0 fully saturated rings. The fraction of sp³-hybridized carbons (Fsp3) is 0.250. The molecule has 0 aromatic heterocycles. The molecule has 2 rings (SSSR count). The Kier molecular flexibility index (Phi) is 4.68. The molecule has 0 saturated heterocycles. The van der Waals surface area contributed by atoms with E-state index in [0.717, 1.165) is 6.32 Å². The lowest BCUT2D eigenvalue weighted by Gasteiger charge is -2.05. The fourth-order valence-corrected chi connectivity index (χ4v) is 2.32. The zero-order valence-electron chi connectivity index (χ0n) is 10.9. The van der Waals surface area contributed by atoms with Crippen molar-refractivity contribution in [1.82, 2.24) is 0 Å². The first kappa shape index (κ1) is 14.5. The molecule has 103 valence electrons. The lowest BCUT2D eigenvalue weighted by molar-refractivity contribution is 0.590. The van der Waals surface area contributed by atoms with Gasteiger partial charge in [-0.1, -0.05) is 6.92 Å². The maximum Gasteiger partial charge on any atom is 0.369 e. The molecule has 8 heteroatoms. The maximum atomic E-state index is 12.0. The summed E-state index contributed by atoms with van der Waals surface area (Å²) in [7, 11) is -2.17. The third-order valence-electron chi connectivity index (χ3n) is 2.33. The zero-order chi connectivity index (χ0) is 14.4. The zero-order valence-corrected chi connectivity index (χ0v) is 11.7. The van der Waals surface area contributed by atoms with Gasteiger partial charge in [-0.15, -0.1) is 4.40 Å². The number of rotatable bonds is 5. The first-order valence-corrected chi connectivity index (χ1v) is 7.54. The van der Waals surface area contributed by atoms with Gasteiger partial charge >= 0.3 is 7.48 Å². The van der Waals surface area contributed by atoms with Crippen molar-refractivity contribution in [1.29, 1.82) is 0 Å². The first-order chi connectivity index (χ1) is 9.62. The van der Waals surface area contributed by atoms with Crippen molar-refractivity contribution in [2.75, 3.05) is 0 Å². The lowest BCUT2D eigenvalue weighted by Crippen LogP contribution is -2.05. The number of hydrogen-bond acceptors (Lipinski definition) is 3. The molecule has 1 aliphatic heterocycles. The van der Waals surface area contributed by atoms with Crippen molar-refractivity contribution in [2.45, 2.75) is 24.6 Å². The van der Waals surface area contributed by atoms with E-state index in [1.165, 1.54) is 12.1 Å². The minimum atomic E-state index is -3.80. The molecule has 0 aliphatic carbocycles. The van der Waals surface area contributed by atoms with Crippen LogP contribution in [0, 0.1) is 0 Å². The highest BCUT2D eigenvalue weighted by atomic mass is 32.2. The van der Waals surface area contributed by atoms with E-state index in [4.69, 9.17) is 4.65 Å². The van der Waals surface area contributed by atoms with Gasteiger partial charge < -0.3 is 4.65 Å². The SMILES string of the molecule is CC[B]Oc1ccc(S(=O)(=O)N=C2N=CCC=N2)cc1. The van der Waals surface area contributed by atoms with Crippen LogP contribution in [0.3, 0.4) is 0 Å². The van der Waals surface area contributed by atoms with Gasteiger partial charge in [0, 0.05) is 18.9 Å². The second-order valence-electron chi connectivity index (χ2n) is 3.89. The summed E-state index contributed by atoms with van der Waals surface area (Å²) in [5.41, 5.74) is 0. The Morgan fingerprint density at radius 3 is 2.50 bits per heavy atom. The number of aliphatic imine (C=N–C) groups is 2. The van der Waals surface area contributed by atoms with Crippen LogP contribution >= 0.6 is 0 Å². The molecule has 0 bridgehead atoms. The molecule has 0 unspecified atom stereocenters. The Hall–Kier alpha value is -1.96. The van der Waals surface area contributed by atoms with Crippen LogP contribution in [-0.4, -0.2) is 34.3 Å². The molecule has 1 aromatic rings. The topological polar surface area (TPSA) is 80.5 Å². The first-order valence-electron chi connectivity index (χ1n) is 6.10. The van der Waals surface area contributed by atoms with Crippen LogP contribution in [0.15, 0.2) is 43.5 Å². The second-order valence-corrected chi connectivity index (χ2v) is 5.49. The van der Waals surface area contributed by atoms with Gasteiger partial charge in [-0.05, 0) is 30.6 Å². The Bertz CT molecular complexity index is 637. The van der Waals surface area contributed by atoms with Crippen molar-refractivity contribution in [3.05, 3.63) is 24.3 Å². The van der Waals surface area contributed by atoms with E-state index < -0.39 is 10.0 Å². The average molecular weight is 290 g/mol. The normalized spacial score (nSPS) is 14.2. The van der Waals surface area contributed by atoms with E-state index in [1.807, 2.05) is 6.92 Å². The van der Waals surface area contributed by atoms with E-state index in [1.54, 1.807) is 32.0 Å². The van der Waals surface area contributed by atoms with Crippen molar-refractivity contribution >= 4 is 35.9 Å². The number of sulfonamides is 1. The van der Waals surface area contributed by atoms with Crippen LogP contribution < -0.4 is 4.65 Å². The molecule has 0 amide bonds. The summed E-state index contributed by atoms with van der Waals surface area (Å²) in [4.78, 5) is 7.71. The maximum absolute atomic E-state index is 12.0. The smallest absolute Gasteiger partial charge is 0.369 e. The molecule has 6 nitrogen and oxygen atoms in total. The standard InChI is InChI=1S/C12H13BN3O3S/c1-2-13-19-10-4-6-11(7-5-10)20(17,18)16-12-14-8-3-9-15-12/h4-9H,2-3H2,1H3. The Morgan fingerprint density at radius 1 is 1.25 bits per heavy atom. The van der Waals surface area contributed by atoms with Gasteiger partial charge in [-0.2, -0.15) is 8.42 Å². The highest BCUT2D eigenvalue weighted by molar-refractivity contribution is 7.90. The fourth-order valence-electron chi connectivity index (χ4n) is 1.43. The number of hydrogen-bond donors (Lipinski definition) is 0. The van der Waals surface area contributed by atoms with Crippen LogP contribution in [0.5, 0.6) is 5.75 Å². The summed E-state index contributed by atoms with van der Waals surface area (Å²) in [6.07, 6.45) is 4.46. The summed E-state index contributed by atoms with van der Waals surface area (Å²) in [5.74, 6) is 0.517. The molecule has 20 heavy (non-hydrogen) atoms. The molecule has 0 atom stereocenters. The van der Waals surface area contributed by atoms with Gasteiger partial charge in [0.2, 0.25) is 0 Å². The van der Waals surface area contributed by atoms with Crippen LogP contribution in [0.4, 0.5) is 0 Å². The van der Waals surface area contributed by atoms with Gasteiger partial charge in [-0.25, -0.2) is 9.98 Å². The third-order valence-corrected chi connectivity index (χ3v) is 3.61. The van der Waals surface area contributed by atoms with E-state index in [9.17, 15) is 8.42 Å². The monoisotopic (exact) mass is 290 g/mol.